The van der Waals surface area contributed by atoms with E-state index in [0.29, 0.717) is 6.04 Å². The van der Waals surface area contributed by atoms with E-state index >= 15 is 0 Å². The predicted octanol–water partition coefficient (Wildman–Crippen LogP) is 1.40. The molecule has 0 bridgehead atoms. The Morgan fingerprint density at radius 1 is 1.08 bits per heavy atom. The number of morpholine rings is 1. The lowest BCUT2D eigenvalue weighted by molar-refractivity contribution is -0.921. The van der Waals surface area contributed by atoms with E-state index in [1.165, 1.54) is 43.2 Å². The van der Waals surface area contributed by atoms with Crippen LogP contribution in [0.3, 0.4) is 0 Å². The molecule has 1 aliphatic carbocycles. The smallest absolute Gasteiger partial charge is 0.166 e. The van der Waals surface area contributed by atoms with Crippen LogP contribution in [0.5, 0.6) is 0 Å². The van der Waals surface area contributed by atoms with Gasteiger partial charge >= 0.3 is 0 Å². The number of thiocarbonyl (C=S) groups is 1. The van der Waals surface area contributed by atoms with Gasteiger partial charge in [0.05, 0.1) is 13.2 Å². The van der Waals surface area contributed by atoms with E-state index in [2.05, 4.69) is 34.9 Å². The van der Waals surface area contributed by atoms with Crippen molar-refractivity contribution in [3.63, 3.8) is 0 Å². The van der Waals surface area contributed by atoms with Gasteiger partial charge in [-0.1, -0.05) is 43.5 Å². The van der Waals surface area contributed by atoms with E-state index < -0.39 is 0 Å². The normalized spacial score (nSPS) is 19.8. The first-order chi connectivity index (χ1) is 11.8. The van der Waals surface area contributed by atoms with Crippen LogP contribution in [0.15, 0.2) is 24.3 Å². The fraction of sp³-hybridized carbons (Fsp3) is 0.632. The minimum atomic E-state index is 0.562. The molecule has 1 saturated heterocycles. The van der Waals surface area contributed by atoms with E-state index in [4.69, 9.17) is 17.0 Å². The largest absolute Gasteiger partial charge is 0.370 e. The highest BCUT2D eigenvalue weighted by Crippen LogP contribution is 2.17. The Labute approximate surface area is 150 Å². The zero-order chi connectivity index (χ0) is 16.6. The van der Waals surface area contributed by atoms with Gasteiger partial charge in [-0.25, -0.2) is 0 Å². The van der Waals surface area contributed by atoms with Crippen molar-refractivity contribution in [1.82, 2.24) is 10.6 Å². The van der Waals surface area contributed by atoms with Gasteiger partial charge in [0.15, 0.2) is 5.11 Å². The van der Waals surface area contributed by atoms with E-state index in [1.807, 2.05) is 0 Å². The van der Waals surface area contributed by atoms with Crippen molar-refractivity contribution >= 4 is 17.3 Å². The average Bonchev–Trinajstić information content (AvgIpc) is 2.63. The van der Waals surface area contributed by atoms with Gasteiger partial charge in [-0.05, 0) is 30.6 Å². The molecule has 3 rings (SSSR count). The van der Waals surface area contributed by atoms with Crippen molar-refractivity contribution in [2.45, 2.75) is 51.2 Å². The zero-order valence-corrected chi connectivity index (χ0v) is 15.3. The Bertz CT molecular complexity index is 525. The lowest BCUT2D eigenvalue weighted by atomic mass is 9.96. The SMILES string of the molecule is S=C(NCc1ccccc1C[NH+]1CCOCC1)NC1CCCCC1. The Hall–Kier alpha value is -1.17. The fourth-order valence-electron chi connectivity index (χ4n) is 3.67. The first kappa shape index (κ1) is 17.6. The molecule has 0 spiro atoms. The number of rotatable bonds is 5. The minimum absolute atomic E-state index is 0.562. The van der Waals surface area contributed by atoms with Crippen molar-refractivity contribution in [1.29, 1.82) is 0 Å². The van der Waals surface area contributed by atoms with Crippen molar-refractivity contribution in [3.05, 3.63) is 35.4 Å². The molecule has 1 aliphatic heterocycles. The molecule has 5 heteroatoms. The van der Waals surface area contributed by atoms with Crippen molar-refractivity contribution in [2.24, 2.45) is 0 Å². The number of ether oxygens (including phenoxy) is 1. The van der Waals surface area contributed by atoms with Gasteiger partial charge in [0.1, 0.15) is 19.6 Å². The summed E-state index contributed by atoms with van der Waals surface area (Å²) in [6, 6.07) is 9.28. The van der Waals surface area contributed by atoms with E-state index in [1.54, 1.807) is 4.90 Å². The summed E-state index contributed by atoms with van der Waals surface area (Å²) >= 11 is 5.49. The maximum Gasteiger partial charge on any atom is 0.166 e. The van der Waals surface area contributed by atoms with Crippen molar-refractivity contribution in [2.75, 3.05) is 26.3 Å². The predicted molar refractivity (Wildman–Crippen MR) is 101 cm³/mol. The third kappa shape index (κ3) is 5.43. The van der Waals surface area contributed by atoms with Crippen LogP contribution in [0.1, 0.15) is 43.2 Å². The molecule has 0 radical (unpaired) electrons. The first-order valence-corrected chi connectivity index (χ1v) is 9.74. The van der Waals surface area contributed by atoms with Crippen LogP contribution in [0.4, 0.5) is 0 Å². The summed E-state index contributed by atoms with van der Waals surface area (Å²) in [6.07, 6.45) is 6.52. The molecule has 4 nitrogen and oxygen atoms in total. The number of nitrogens with one attached hydrogen (secondary N) is 3. The lowest BCUT2D eigenvalue weighted by Gasteiger charge is -2.25. The average molecular weight is 349 g/mol. The van der Waals surface area contributed by atoms with Crippen LogP contribution < -0.4 is 15.5 Å². The maximum atomic E-state index is 5.49. The fourth-order valence-corrected chi connectivity index (χ4v) is 3.91. The zero-order valence-electron chi connectivity index (χ0n) is 14.5. The third-order valence-electron chi connectivity index (χ3n) is 5.14. The van der Waals surface area contributed by atoms with Crippen LogP contribution in [-0.4, -0.2) is 37.5 Å². The molecule has 24 heavy (non-hydrogen) atoms. The van der Waals surface area contributed by atoms with E-state index in [-0.39, 0.29) is 0 Å². The second-order valence-electron chi connectivity index (χ2n) is 6.97. The molecular weight excluding hydrogens is 318 g/mol. The Kier molecular flexibility index (Phi) is 6.87. The summed E-state index contributed by atoms with van der Waals surface area (Å²) in [5.74, 6) is 0. The Morgan fingerprint density at radius 3 is 2.54 bits per heavy atom. The first-order valence-electron chi connectivity index (χ1n) is 9.34. The highest BCUT2D eigenvalue weighted by atomic mass is 32.1. The number of quaternary nitrogens is 1. The highest BCUT2D eigenvalue weighted by molar-refractivity contribution is 7.80. The minimum Gasteiger partial charge on any atom is -0.370 e. The van der Waals surface area contributed by atoms with Crippen LogP contribution in [-0.2, 0) is 17.8 Å². The van der Waals surface area contributed by atoms with Crippen LogP contribution in [0.2, 0.25) is 0 Å². The van der Waals surface area contributed by atoms with Crippen LogP contribution in [0.25, 0.3) is 0 Å². The Morgan fingerprint density at radius 2 is 1.79 bits per heavy atom. The van der Waals surface area contributed by atoms with Crippen LogP contribution >= 0.6 is 12.2 Å². The molecule has 1 aromatic carbocycles. The van der Waals surface area contributed by atoms with Gasteiger partial charge in [-0.2, -0.15) is 0 Å². The molecule has 0 unspecified atom stereocenters. The monoisotopic (exact) mass is 348 g/mol. The van der Waals surface area contributed by atoms with Gasteiger partial charge in [0.2, 0.25) is 0 Å². The molecule has 2 aliphatic rings. The molecule has 0 atom stereocenters. The summed E-state index contributed by atoms with van der Waals surface area (Å²) < 4.78 is 5.46. The van der Waals surface area contributed by atoms with Gasteiger partial charge < -0.3 is 20.3 Å². The van der Waals surface area contributed by atoms with E-state index in [0.717, 1.165) is 44.5 Å². The third-order valence-corrected chi connectivity index (χ3v) is 5.40. The van der Waals surface area contributed by atoms with Gasteiger partial charge in [-0.15, -0.1) is 0 Å². The topological polar surface area (TPSA) is 37.7 Å². The maximum absolute atomic E-state index is 5.49. The number of benzene rings is 1. The molecule has 1 heterocycles. The molecular formula is C19H30N3OS+. The molecule has 3 N–H and O–H groups in total. The summed E-state index contributed by atoms with van der Waals surface area (Å²) in [6.45, 7) is 5.84. The van der Waals surface area contributed by atoms with Gasteiger partial charge in [0, 0.05) is 18.2 Å². The quantitative estimate of drug-likeness (QED) is 0.703. The molecule has 1 saturated carbocycles. The molecule has 1 aromatic rings. The Balaban J connectivity index is 1.49. The molecule has 2 fully saturated rings. The number of hydrogen-bond acceptors (Lipinski definition) is 2. The second-order valence-corrected chi connectivity index (χ2v) is 7.38. The standard InChI is InChI=1S/C19H29N3OS/c24-19(21-18-8-2-1-3-9-18)20-14-16-6-4-5-7-17(16)15-22-10-12-23-13-11-22/h4-7,18H,1-3,8-15H2,(H2,20,21,24)/p+1. The highest BCUT2D eigenvalue weighted by Gasteiger charge is 2.17. The summed E-state index contributed by atoms with van der Waals surface area (Å²) in [7, 11) is 0. The number of hydrogen-bond donors (Lipinski definition) is 3. The molecule has 132 valence electrons. The summed E-state index contributed by atoms with van der Waals surface area (Å²) in [5, 5.41) is 7.70. The lowest BCUT2D eigenvalue weighted by Crippen LogP contribution is -3.12. The molecule has 0 amide bonds. The van der Waals surface area contributed by atoms with Crippen molar-refractivity contribution in [3.8, 4) is 0 Å². The van der Waals surface area contributed by atoms with Crippen molar-refractivity contribution < 1.29 is 9.64 Å². The summed E-state index contributed by atoms with van der Waals surface area (Å²) in [5.41, 5.74) is 2.77. The molecule has 0 aromatic heterocycles. The van der Waals surface area contributed by atoms with Gasteiger partial charge in [0.25, 0.3) is 0 Å². The second kappa shape index (κ2) is 9.35. The van der Waals surface area contributed by atoms with Crippen LogP contribution in [0, 0.1) is 0 Å². The van der Waals surface area contributed by atoms with E-state index in [9.17, 15) is 0 Å². The van der Waals surface area contributed by atoms with Gasteiger partial charge in [-0.3, -0.25) is 0 Å². The summed E-state index contributed by atoms with van der Waals surface area (Å²) in [4.78, 5) is 1.61.